The van der Waals surface area contributed by atoms with Crippen LogP contribution in [-0.2, 0) is 6.42 Å². The molecule has 2 aromatic rings. The molecule has 0 spiro atoms. The highest BCUT2D eigenvalue weighted by Gasteiger charge is 2.16. The van der Waals surface area contributed by atoms with E-state index in [2.05, 4.69) is 20.6 Å². The number of fused-ring (bicyclic) bond motifs is 1. The Kier molecular flexibility index (Phi) is 2.68. The number of rotatable bonds is 1. The second-order valence-electron chi connectivity index (χ2n) is 4.04. The number of nitrogens with zero attached hydrogens (tertiary/aromatic N) is 5. The van der Waals surface area contributed by atoms with Crippen LogP contribution in [0.4, 0.5) is 0 Å². The highest BCUT2D eigenvalue weighted by Crippen LogP contribution is 2.21. The molecule has 0 N–H and O–H groups in total. The first-order chi connectivity index (χ1) is 8.74. The van der Waals surface area contributed by atoms with Crippen molar-refractivity contribution in [3.63, 3.8) is 0 Å². The van der Waals surface area contributed by atoms with Gasteiger partial charge in [-0.3, -0.25) is 0 Å². The van der Waals surface area contributed by atoms with Crippen molar-refractivity contribution in [1.82, 2.24) is 20.3 Å². The largest absolute Gasteiger partial charge is 0.181 e. The van der Waals surface area contributed by atoms with Crippen molar-refractivity contribution in [2.24, 2.45) is 5.10 Å². The zero-order chi connectivity index (χ0) is 12.5. The lowest BCUT2D eigenvalue weighted by molar-refractivity contribution is 0.655. The first kappa shape index (κ1) is 11.1. The van der Waals surface area contributed by atoms with Gasteiger partial charge in [0.1, 0.15) is 0 Å². The summed E-state index contributed by atoms with van der Waals surface area (Å²) in [6.45, 7) is 1.94. The van der Waals surface area contributed by atoms with Crippen LogP contribution in [0.2, 0.25) is 5.02 Å². The molecule has 1 aliphatic rings. The van der Waals surface area contributed by atoms with Gasteiger partial charge in [-0.15, -0.1) is 9.89 Å². The number of allylic oxidation sites excluding steroid dienone is 1. The SMILES string of the molecule is CC1=Nn2nnnc2C/C1=C\c1ccccc1Cl. The quantitative estimate of drug-likeness (QED) is 0.789. The Bertz CT molecular complexity index is 656. The van der Waals surface area contributed by atoms with E-state index in [1.165, 1.54) is 4.79 Å². The van der Waals surface area contributed by atoms with Crippen molar-refractivity contribution in [3.05, 3.63) is 46.2 Å². The number of benzene rings is 1. The molecule has 3 rings (SSSR count). The molecule has 0 radical (unpaired) electrons. The molecule has 1 aliphatic heterocycles. The minimum Gasteiger partial charge on any atom is -0.152 e. The Morgan fingerprint density at radius 1 is 1.33 bits per heavy atom. The smallest absolute Gasteiger partial charge is 0.152 e. The summed E-state index contributed by atoms with van der Waals surface area (Å²) in [6, 6.07) is 7.71. The lowest BCUT2D eigenvalue weighted by atomic mass is 10.0. The third-order valence-electron chi connectivity index (χ3n) is 2.81. The van der Waals surface area contributed by atoms with Crippen LogP contribution in [0.1, 0.15) is 18.3 Å². The van der Waals surface area contributed by atoms with Gasteiger partial charge in [-0.05, 0) is 40.6 Å². The third-order valence-corrected chi connectivity index (χ3v) is 3.15. The molecule has 0 atom stereocenters. The Morgan fingerprint density at radius 3 is 3.00 bits per heavy atom. The van der Waals surface area contributed by atoms with Crippen molar-refractivity contribution in [2.45, 2.75) is 13.3 Å². The van der Waals surface area contributed by atoms with Gasteiger partial charge in [0.25, 0.3) is 0 Å². The van der Waals surface area contributed by atoms with Gasteiger partial charge in [0.05, 0.1) is 5.71 Å². The molecule has 5 nitrogen and oxygen atoms in total. The van der Waals surface area contributed by atoms with Gasteiger partial charge >= 0.3 is 0 Å². The molecule has 0 fully saturated rings. The van der Waals surface area contributed by atoms with Crippen LogP contribution in [0, 0.1) is 0 Å². The molecule has 1 aromatic carbocycles. The predicted octanol–water partition coefficient (Wildman–Crippen LogP) is 2.19. The minimum absolute atomic E-state index is 0.660. The number of aromatic nitrogens is 4. The fourth-order valence-corrected chi connectivity index (χ4v) is 2.02. The lowest BCUT2D eigenvalue weighted by Gasteiger charge is -2.12. The van der Waals surface area contributed by atoms with Gasteiger partial charge in [-0.25, -0.2) is 0 Å². The van der Waals surface area contributed by atoms with E-state index in [1.807, 2.05) is 37.3 Å². The number of hydrogen-bond acceptors (Lipinski definition) is 4. The van der Waals surface area contributed by atoms with Gasteiger partial charge < -0.3 is 0 Å². The molecule has 0 bridgehead atoms. The van der Waals surface area contributed by atoms with Gasteiger partial charge in [-0.1, -0.05) is 29.8 Å². The molecule has 90 valence electrons. The number of halogens is 1. The second-order valence-corrected chi connectivity index (χ2v) is 4.45. The van der Waals surface area contributed by atoms with Crippen LogP contribution >= 0.6 is 11.6 Å². The van der Waals surface area contributed by atoms with E-state index in [0.717, 1.165) is 27.7 Å². The van der Waals surface area contributed by atoms with E-state index in [9.17, 15) is 0 Å². The van der Waals surface area contributed by atoms with Crippen molar-refractivity contribution < 1.29 is 0 Å². The van der Waals surface area contributed by atoms with Gasteiger partial charge in [0.2, 0.25) is 0 Å². The highest BCUT2D eigenvalue weighted by atomic mass is 35.5. The molecule has 0 aliphatic carbocycles. The van der Waals surface area contributed by atoms with Crippen LogP contribution in [-0.4, -0.2) is 26.0 Å². The maximum absolute atomic E-state index is 6.14. The van der Waals surface area contributed by atoms with Gasteiger partial charge in [0.15, 0.2) is 5.82 Å². The topological polar surface area (TPSA) is 56.0 Å². The zero-order valence-corrected chi connectivity index (χ0v) is 10.5. The van der Waals surface area contributed by atoms with E-state index >= 15 is 0 Å². The summed E-state index contributed by atoms with van der Waals surface area (Å²) in [6.07, 6.45) is 2.69. The number of hydrogen-bond donors (Lipinski definition) is 0. The Hall–Kier alpha value is -2.01. The first-order valence-corrected chi connectivity index (χ1v) is 5.90. The molecule has 0 unspecified atom stereocenters. The Balaban J connectivity index is 2.02. The first-order valence-electron chi connectivity index (χ1n) is 5.52. The van der Waals surface area contributed by atoms with Crippen LogP contribution in [0.25, 0.3) is 6.08 Å². The maximum Gasteiger partial charge on any atom is 0.181 e. The summed E-state index contributed by atoms with van der Waals surface area (Å²) in [4.78, 5) is 1.46. The minimum atomic E-state index is 0.660. The van der Waals surface area contributed by atoms with E-state index in [-0.39, 0.29) is 0 Å². The van der Waals surface area contributed by atoms with Crippen LogP contribution in [0.3, 0.4) is 0 Å². The monoisotopic (exact) mass is 259 g/mol. The average Bonchev–Trinajstić information content (AvgIpc) is 2.79. The van der Waals surface area contributed by atoms with Gasteiger partial charge in [0, 0.05) is 11.4 Å². The van der Waals surface area contributed by atoms with E-state index in [0.29, 0.717) is 6.42 Å². The van der Waals surface area contributed by atoms with Crippen LogP contribution in [0.5, 0.6) is 0 Å². The molecule has 6 heteroatoms. The van der Waals surface area contributed by atoms with E-state index in [1.54, 1.807) is 0 Å². The van der Waals surface area contributed by atoms with Crippen LogP contribution in [0.15, 0.2) is 34.9 Å². The Morgan fingerprint density at radius 2 is 2.17 bits per heavy atom. The average molecular weight is 260 g/mol. The lowest BCUT2D eigenvalue weighted by Crippen LogP contribution is -2.14. The van der Waals surface area contributed by atoms with Crippen molar-refractivity contribution >= 4 is 23.4 Å². The fourth-order valence-electron chi connectivity index (χ4n) is 1.82. The Labute approximate surface area is 109 Å². The summed E-state index contributed by atoms with van der Waals surface area (Å²) in [5, 5.41) is 16.3. The van der Waals surface area contributed by atoms with Crippen molar-refractivity contribution in [1.29, 1.82) is 0 Å². The molecule has 1 aromatic heterocycles. The molecule has 18 heavy (non-hydrogen) atoms. The molecular formula is C12H10ClN5. The standard InChI is InChI=1S/C12H10ClN5/c1-8-10(6-9-4-2-3-5-11(9)13)7-12-14-16-17-18(12)15-8/h2-6H,7H2,1H3/b10-6+. The summed E-state index contributed by atoms with van der Waals surface area (Å²) in [7, 11) is 0. The molecule has 0 saturated carbocycles. The number of tetrazole rings is 1. The van der Waals surface area contributed by atoms with Crippen molar-refractivity contribution in [3.8, 4) is 0 Å². The van der Waals surface area contributed by atoms with Crippen LogP contribution < -0.4 is 0 Å². The van der Waals surface area contributed by atoms with Gasteiger partial charge in [-0.2, -0.15) is 5.10 Å². The molecular weight excluding hydrogens is 250 g/mol. The summed E-state index contributed by atoms with van der Waals surface area (Å²) < 4.78 is 0. The third kappa shape index (κ3) is 1.93. The van der Waals surface area contributed by atoms with E-state index < -0.39 is 0 Å². The fraction of sp³-hybridized carbons (Fsp3) is 0.167. The summed E-state index contributed by atoms with van der Waals surface area (Å²) in [5.41, 5.74) is 2.95. The summed E-state index contributed by atoms with van der Waals surface area (Å²) in [5.74, 6) is 0.735. The van der Waals surface area contributed by atoms with E-state index in [4.69, 9.17) is 11.6 Å². The molecule has 0 amide bonds. The second kappa shape index (κ2) is 4.34. The molecule has 2 heterocycles. The molecule has 0 saturated heterocycles. The highest BCUT2D eigenvalue weighted by molar-refractivity contribution is 6.32. The van der Waals surface area contributed by atoms with Crippen molar-refractivity contribution in [2.75, 3.05) is 0 Å². The summed E-state index contributed by atoms with van der Waals surface area (Å²) >= 11 is 6.14. The predicted molar refractivity (Wildman–Crippen MR) is 69.5 cm³/mol. The maximum atomic E-state index is 6.14. The normalized spacial score (nSPS) is 16.6. The zero-order valence-electron chi connectivity index (χ0n) is 9.71.